The molecule has 1 atom stereocenters. The summed E-state index contributed by atoms with van der Waals surface area (Å²) in [6.45, 7) is 3.80. The highest BCUT2D eigenvalue weighted by Gasteiger charge is 2.27. The summed E-state index contributed by atoms with van der Waals surface area (Å²) in [6, 6.07) is 16.2. The van der Waals surface area contributed by atoms with E-state index in [0.717, 1.165) is 27.6 Å². The summed E-state index contributed by atoms with van der Waals surface area (Å²) in [4.78, 5) is 15.0. The Balaban J connectivity index is 2.04. The predicted octanol–water partition coefficient (Wildman–Crippen LogP) is 4.25. The molecule has 25 heavy (non-hydrogen) atoms. The van der Waals surface area contributed by atoms with Crippen molar-refractivity contribution < 1.29 is 4.39 Å². The Bertz CT molecular complexity index is 1010. The Morgan fingerprint density at radius 1 is 1.16 bits per heavy atom. The van der Waals surface area contributed by atoms with E-state index in [1.54, 1.807) is 12.1 Å². The number of hydrogen-bond donors (Lipinski definition) is 1. The zero-order chi connectivity index (χ0) is 18.0. The van der Waals surface area contributed by atoms with E-state index in [4.69, 9.17) is 0 Å². The number of halogens is 1. The third-order valence-electron chi connectivity index (χ3n) is 4.66. The van der Waals surface area contributed by atoms with Gasteiger partial charge < -0.3 is 4.98 Å². The van der Waals surface area contributed by atoms with E-state index < -0.39 is 5.41 Å². The molecule has 1 heterocycles. The minimum atomic E-state index is -0.771. The lowest BCUT2D eigenvalue weighted by atomic mass is 9.78. The molecule has 0 fully saturated rings. The van der Waals surface area contributed by atoms with E-state index in [0.29, 0.717) is 12.8 Å². The average molecular weight is 334 g/mol. The van der Waals surface area contributed by atoms with Crippen LogP contribution in [0.1, 0.15) is 30.5 Å². The van der Waals surface area contributed by atoms with E-state index in [9.17, 15) is 14.4 Å². The van der Waals surface area contributed by atoms with Crippen LogP contribution in [0, 0.1) is 17.1 Å². The van der Waals surface area contributed by atoms with E-state index in [2.05, 4.69) is 11.1 Å². The normalized spacial score (nSPS) is 13.4. The van der Waals surface area contributed by atoms with E-state index in [1.807, 2.05) is 38.1 Å². The molecule has 3 rings (SSSR count). The summed E-state index contributed by atoms with van der Waals surface area (Å²) in [5.74, 6) is -0.294. The van der Waals surface area contributed by atoms with Gasteiger partial charge >= 0.3 is 0 Å². The number of nitrogens with zero attached hydrogens (tertiary/aromatic N) is 1. The summed E-state index contributed by atoms with van der Waals surface area (Å²) in [6.07, 6.45) is 1.14. The molecule has 0 amide bonds. The Morgan fingerprint density at radius 2 is 1.88 bits per heavy atom. The van der Waals surface area contributed by atoms with Crippen LogP contribution in [-0.4, -0.2) is 4.98 Å². The quantitative estimate of drug-likeness (QED) is 0.775. The zero-order valence-corrected chi connectivity index (χ0v) is 14.3. The summed E-state index contributed by atoms with van der Waals surface area (Å²) in [5, 5.41) is 10.7. The lowest BCUT2D eigenvalue weighted by molar-refractivity contribution is 0.601. The van der Waals surface area contributed by atoms with Crippen molar-refractivity contribution in [3.63, 3.8) is 0 Å². The summed E-state index contributed by atoms with van der Waals surface area (Å²) < 4.78 is 13.1. The van der Waals surface area contributed by atoms with Crippen LogP contribution in [0.25, 0.3) is 10.9 Å². The van der Waals surface area contributed by atoms with Crippen molar-refractivity contribution in [1.29, 1.82) is 5.26 Å². The molecule has 3 aromatic rings. The van der Waals surface area contributed by atoms with Crippen LogP contribution >= 0.6 is 0 Å². The van der Waals surface area contributed by atoms with Gasteiger partial charge in [0.2, 0.25) is 0 Å². The number of aryl methyl sites for hydroxylation is 1. The van der Waals surface area contributed by atoms with Gasteiger partial charge in [-0.2, -0.15) is 5.26 Å². The first kappa shape index (κ1) is 16.9. The van der Waals surface area contributed by atoms with Crippen LogP contribution in [0.5, 0.6) is 0 Å². The zero-order valence-electron chi connectivity index (χ0n) is 14.3. The van der Waals surface area contributed by atoms with E-state index in [-0.39, 0.29) is 11.4 Å². The number of H-pyrrole nitrogens is 1. The molecule has 2 aromatic carbocycles. The van der Waals surface area contributed by atoms with Gasteiger partial charge in [0.15, 0.2) is 0 Å². The number of aromatic amines is 1. The maximum absolute atomic E-state index is 13.1. The molecule has 126 valence electrons. The van der Waals surface area contributed by atoms with E-state index in [1.165, 1.54) is 12.1 Å². The molecule has 0 aliphatic carbocycles. The summed E-state index contributed by atoms with van der Waals surface area (Å²) in [5.41, 5.74) is 2.32. The summed E-state index contributed by atoms with van der Waals surface area (Å²) >= 11 is 0. The average Bonchev–Trinajstić information content (AvgIpc) is 2.62. The second-order valence-corrected chi connectivity index (χ2v) is 6.53. The molecule has 0 aliphatic heterocycles. The molecule has 0 spiro atoms. The van der Waals surface area contributed by atoms with Crippen molar-refractivity contribution in [3.05, 3.63) is 81.4 Å². The maximum atomic E-state index is 13.1. The molecule has 1 aromatic heterocycles. The number of benzene rings is 2. The van der Waals surface area contributed by atoms with Gasteiger partial charge in [-0.15, -0.1) is 0 Å². The van der Waals surface area contributed by atoms with Crippen molar-refractivity contribution in [2.24, 2.45) is 0 Å². The molecular weight excluding hydrogens is 315 g/mol. The highest BCUT2D eigenvalue weighted by Crippen LogP contribution is 2.29. The van der Waals surface area contributed by atoms with E-state index >= 15 is 0 Å². The topological polar surface area (TPSA) is 56.6 Å². The SMILES string of the molecule is CCc1cc2ccc(C(C)(C#N)Cc3ccc(F)cc3)cc2[nH]c1=O. The number of nitriles is 1. The first-order valence-corrected chi connectivity index (χ1v) is 8.27. The van der Waals surface area contributed by atoms with Crippen molar-refractivity contribution in [2.45, 2.75) is 32.1 Å². The largest absolute Gasteiger partial charge is 0.322 e. The van der Waals surface area contributed by atoms with Crippen LogP contribution in [-0.2, 0) is 18.3 Å². The van der Waals surface area contributed by atoms with Crippen LogP contribution in [0.3, 0.4) is 0 Å². The molecular formula is C21H19FN2O. The van der Waals surface area contributed by atoms with Gasteiger partial charge in [-0.3, -0.25) is 4.79 Å². The number of aromatic nitrogens is 1. The minimum Gasteiger partial charge on any atom is -0.322 e. The van der Waals surface area contributed by atoms with Crippen LogP contribution in [0.15, 0.2) is 53.3 Å². The summed E-state index contributed by atoms with van der Waals surface area (Å²) in [7, 11) is 0. The van der Waals surface area contributed by atoms with Gasteiger partial charge in [0.25, 0.3) is 5.56 Å². The van der Waals surface area contributed by atoms with Crippen molar-refractivity contribution >= 4 is 10.9 Å². The monoisotopic (exact) mass is 334 g/mol. The Kier molecular flexibility index (Phi) is 4.41. The first-order valence-electron chi connectivity index (χ1n) is 8.27. The molecule has 1 unspecified atom stereocenters. The molecule has 3 nitrogen and oxygen atoms in total. The number of fused-ring (bicyclic) bond motifs is 1. The fourth-order valence-corrected chi connectivity index (χ4v) is 3.07. The van der Waals surface area contributed by atoms with Gasteiger partial charge in [-0.25, -0.2) is 4.39 Å². The fourth-order valence-electron chi connectivity index (χ4n) is 3.07. The molecule has 0 radical (unpaired) electrons. The smallest absolute Gasteiger partial charge is 0.251 e. The fraction of sp³-hybridized carbons (Fsp3) is 0.238. The third-order valence-corrected chi connectivity index (χ3v) is 4.66. The Labute approximate surface area is 145 Å². The van der Waals surface area contributed by atoms with Gasteiger partial charge in [0.1, 0.15) is 5.82 Å². The second kappa shape index (κ2) is 6.52. The number of rotatable bonds is 4. The Hall–Kier alpha value is -2.93. The van der Waals surface area contributed by atoms with Crippen molar-refractivity contribution in [1.82, 2.24) is 4.98 Å². The minimum absolute atomic E-state index is 0.0932. The maximum Gasteiger partial charge on any atom is 0.251 e. The highest BCUT2D eigenvalue weighted by atomic mass is 19.1. The van der Waals surface area contributed by atoms with Crippen molar-refractivity contribution in [2.75, 3.05) is 0 Å². The molecule has 0 aliphatic rings. The van der Waals surface area contributed by atoms with Gasteiger partial charge in [-0.1, -0.05) is 31.2 Å². The Morgan fingerprint density at radius 3 is 2.52 bits per heavy atom. The molecule has 0 bridgehead atoms. The van der Waals surface area contributed by atoms with Gasteiger partial charge in [0, 0.05) is 11.1 Å². The molecule has 0 saturated carbocycles. The predicted molar refractivity (Wildman–Crippen MR) is 97.0 cm³/mol. The van der Waals surface area contributed by atoms with Crippen LogP contribution < -0.4 is 5.56 Å². The van der Waals surface area contributed by atoms with Crippen LogP contribution in [0.2, 0.25) is 0 Å². The third kappa shape index (κ3) is 3.32. The molecule has 1 N–H and O–H groups in total. The number of hydrogen-bond acceptors (Lipinski definition) is 2. The van der Waals surface area contributed by atoms with Crippen molar-refractivity contribution in [3.8, 4) is 6.07 Å². The number of pyridine rings is 1. The van der Waals surface area contributed by atoms with Gasteiger partial charge in [0.05, 0.1) is 11.5 Å². The highest BCUT2D eigenvalue weighted by molar-refractivity contribution is 5.80. The molecule has 0 saturated heterocycles. The van der Waals surface area contributed by atoms with Crippen LogP contribution in [0.4, 0.5) is 4.39 Å². The molecule has 4 heteroatoms. The lowest BCUT2D eigenvalue weighted by Crippen LogP contribution is -2.23. The van der Waals surface area contributed by atoms with Gasteiger partial charge in [-0.05, 0) is 60.5 Å². The lowest BCUT2D eigenvalue weighted by Gasteiger charge is -2.23. The second-order valence-electron chi connectivity index (χ2n) is 6.53. The number of nitrogens with one attached hydrogen (secondary N) is 1. The standard InChI is InChI=1S/C21H19FN2O/c1-3-15-10-16-6-7-17(11-19(16)24-20(15)25)21(2,13-23)12-14-4-8-18(22)9-5-14/h4-11H,3,12H2,1-2H3,(H,24,25). The first-order chi connectivity index (χ1) is 11.9.